The summed E-state index contributed by atoms with van der Waals surface area (Å²) in [6.07, 6.45) is 3.54. The third-order valence-corrected chi connectivity index (χ3v) is 3.86. The van der Waals surface area contributed by atoms with Gasteiger partial charge >= 0.3 is 0 Å². The molecule has 1 aliphatic carbocycles. The maximum atomic E-state index is 10.9. The second kappa shape index (κ2) is 5.57. The minimum atomic E-state index is -0.373. The van der Waals surface area contributed by atoms with E-state index in [2.05, 4.69) is 0 Å². The van der Waals surface area contributed by atoms with Crippen LogP contribution in [0.3, 0.4) is 0 Å². The van der Waals surface area contributed by atoms with Gasteiger partial charge in [-0.3, -0.25) is 10.1 Å². The monoisotopic (exact) mass is 264 g/mol. The maximum absolute atomic E-state index is 10.9. The van der Waals surface area contributed by atoms with Crippen molar-refractivity contribution in [2.45, 2.75) is 44.8 Å². The van der Waals surface area contributed by atoms with E-state index in [1.54, 1.807) is 12.1 Å². The van der Waals surface area contributed by atoms with Gasteiger partial charge < -0.3 is 10.0 Å². The molecule has 1 saturated carbocycles. The molecule has 2 unspecified atom stereocenters. The number of aliphatic hydroxyl groups is 1. The van der Waals surface area contributed by atoms with Crippen LogP contribution in [0.25, 0.3) is 0 Å². The number of hydrogen-bond acceptors (Lipinski definition) is 4. The van der Waals surface area contributed by atoms with Crippen molar-refractivity contribution in [3.8, 4) is 0 Å². The molecular formula is C14H20N2O3. The largest absolute Gasteiger partial charge is 0.391 e. The summed E-state index contributed by atoms with van der Waals surface area (Å²) in [6.45, 7) is 1.85. The first-order valence-electron chi connectivity index (χ1n) is 6.66. The van der Waals surface area contributed by atoms with Gasteiger partial charge in [-0.25, -0.2) is 0 Å². The van der Waals surface area contributed by atoms with Gasteiger partial charge in [-0.1, -0.05) is 12.8 Å². The molecule has 0 saturated heterocycles. The van der Waals surface area contributed by atoms with Gasteiger partial charge in [0.25, 0.3) is 5.69 Å². The van der Waals surface area contributed by atoms with Gasteiger partial charge in [0.15, 0.2) is 0 Å². The Kier molecular flexibility index (Phi) is 4.04. The summed E-state index contributed by atoms with van der Waals surface area (Å²) in [4.78, 5) is 12.5. The number of nitro benzene ring substituents is 1. The van der Waals surface area contributed by atoms with E-state index in [1.807, 2.05) is 24.9 Å². The van der Waals surface area contributed by atoms with Crippen LogP contribution in [0.1, 0.15) is 31.2 Å². The predicted molar refractivity (Wildman–Crippen MR) is 74.5 cm³/mol. The number of non-ortho nitro benzene ring substituents is 1. The van der Waals surface area contributed by atoms with Crippen molar-refractivity contribution in [3.05, 3.63) is 33.9 Å². The predicted octanol–water partition coefficient (Wildman–Crippen LogP) is 2.64. The number of benzene rings is 1. The summed E-state index contributed by atoms with van der Waals surface area (Å²) < 4.78 is 0. The number of nitro groups is 1. The number of nitrogens with zero attached hydrogens (tertiary/aromatic N) is 2. The van der Waals surface area contributed by atoms with Crippen LogP contribution in [-0.2, 0) is 0 Å². The van der Waals surface area contributed by atoms with Crippen molar-refractivity contribution in [2.75, 3.05) is 11.9 Å². The summed E-state index contributed by atoms with van der Waals surface area (Å²) in [7, 11) is 1.90. The Morgan fingerprint density at radius 3 is 2.63 bits per heavy atom. The average Bonchev–Trinajstić information content (AvgIpc) is 2.37. The molecule has 2 atom stereocenters. The number of rotatable bonds is 3. The smallest absolute Gasteiger partial charge is 0.271 e. The summed E-state index contributed by atoms with van der Waals surface area (Å²) in [5.41, 5.74) is 1.77. The third-order valence-electron chi connectivity index (χ3n) is 3.86. The van der Waals surface area contributed by atoms with Gasteiger partial charge in [-0.15, -0.1) is 0 Å². The summed E-state index contributed by atoms with van der Waals surface area (Å²) in [6, 6.07) is 5.12. The first-order valence-corrected chi connectivity index (χ1v) is 6.66. The lowest BCUT2D eigenvalue weighted by Crippen LogP contribution is -2.43. The molecule has 2 rings (SSSR count). The molecule has 0 radical (unpaired) electrons. The lowest BCUT2D eigenvalue weighted by Gasteiger charge is -2.36. The van der Waals surface area contributed by atoms with Crippen molar-refractivity contribution in [3.63, 3.8) is 0 Å². The van der Waals surface area contributed by atoms with Crippen molar-refractivity contribution < 1.29 is 10.0 Å². The number of aryl methyl sites for hydroxylation is 1. The van der Waals surface area contributed by atoms with Crippen LogP contribution in [0.2, 0.25) is 0 Å². The van der Waals surface area contributed by atoms with Gasteiger partial charge in [0.1, 0.15) is 0 Å². The lowest BCUT2D eigenvalue weighted by atomic mass is 9.91. The van der Waals surface area contributed by atoms with Crippen LogP contribution in [0.15, 0.2) is 18.2 Å². The molecule has 0 spiro atoms. The maximum Gasteiger partial charge on any atom is 0.271 e. The Hall–Kier alpha value is -1.62. The van der Waals surface area contributed by atoms with E-state index in [1.165, 1.54) is 0 Å². The average molecular weight is 264 g/mol. The molecule has 104 valence electrons. The molecule has 5 nitrogen and oxygen atoms in total. The van der Waals surface area contributed by atoms with Gasteiger partial charge in [-0.2, -0.15) is 0 Å². The normalized spacial score (nSPS) is 23.1. The standard InChI is InChI=1S/C14H20N2O3/c1-10-7-11(9-12(8-10)16(18)19)15(2)13-5-3-4-6-14(13)17/h7-9,13-14,17H,3-6H2,1-2H3. The molecule has 0 heterocycles. The van der Waals surface area contributed by atoms with E-state index in [4.69, 9.17) is 0 Å². The molecule has 0 aromatic heterocycles. The fourth-order valence-electron chi connectivity index (χ4n) is 2.79. The third kappa shape index (κ3) is 3.04. The van der Waals surface area contributed by atoms with E-state index in [0.29, 0.717) is 0 Å². The van der Waals surface area contributed by atoms with Crippen LogP contribution in [0.5, 0.6) is 0 Å². The molecular weight excluding hydrogens is 244 g/mol. The van der Waals surface area contributed by atoms with Gasteiger partial charge in [0.05, 0.1) is 17.1 Å². The minimum absolute atomic E-state index is 0.0511. The molecule has 5 heteroatoms. The highest BCUT2D eigenvalue weighted by Gasteiger charge is 2.27. The van der Waals surface area contributed by atoms with Gasteiger partial charge in [0.2, 0.25) is 0 Å². The molecule has 1 aromatic rings. The van der Waals surface area contributed by atoms with Crippen molar-refractivity contribution in [1.29, 1.82) is 0 Å². The van der Waals surface area contributed by atoms with E-state index < -0.39 is 0 Å². The van der Waals surface area contributed by atoms with E-state index in [9.17, 15) is 15.2 Å². The van der Waals surface area contributed by atoms with Crippen LogP contribution in [-0.4, -0.2) is 29.2 Å². The Bertz CT molecular complexity index is 476. The van der Waals surface area contributed by atoms with Crippen LogP contribution in [0.4, 0.5) is 11.4 Å². The van der Waals surface area contributed by atoms with E-state index >= 15 is 0 Å². The topological polar surface area (TPSA) is 66.6 Å². The van der Waals surface area contributed by atoms with Crippen molar-refractivity contribution in [2.24, 2.45) is 0 Å². The Morgan fingerprint density at radius 1 is 1.32 bits per heavy atom. The van der Waals surface area contributed by atoms with E-state index in [-0.39, 0.29) is 22.8 Å². The van der Waals surface area contributed by atoms with Crippen molar-refractivity contribution >= 4 is 11.4 Å². The lowest BCUT2D eigenvalue weighted by molar-refractivity contribution is -0.384. The SMILES string of the molecule is Cc1cc(N(C)C2CCCCC2O)cc([N+](=O)[O-])c1. The summed E-state index contributed by atoms with van der Waals surface area (Å²) in [5, 5.41) is 21.0. The minimum Gasteiger partial charge on any atom is -0.391 e. The number of likely N-dealkylation sites (N-methyl/N-ethyl adjacent to an activating group) is 1. The zero-order valence-electron chi connectivity index (χ0n) is 11.4. The molecule has 1 aliphatic rings. The number of anilines is 1. The number of hydrogen-bond donors (Lipinski definition) is 1. The molecule has 0 amide bonds. The van der Waals surface area contributed by atoms with E-state index in [0.717, 1.165) is 36.9 Å². The highest BCUT2D eigenvalue weighted by molar-refractivity contribution is 5.56. The molecule has 0 bridgehead atoms. The second-order valence-electron chi connectivity index (χ2n) is 5.31. The zero-order valence-corrected chi connectivity index (χ0v) is 11.4. The van der Waals surface area contributed by atoms with Crippen molar-refractivity contribution in [1.82, 2.24) is 0 Å². The Morgan fingerprint density at radius 2 is 2.00 bits per heavy atom. The van der Waals surface area contributed by atoms with Crippen LogP contribution in [0, 0.1) is 17.0 Å². The zero-order chi connectivity index (χ0) is 14.0. The molecule has 1 fully saturated rings. The summed E-state index contributed by atoms with van der Waals surface area (Å²) in [5.74, 6) is 0. The highest BCUT2D eigenvalue weighted by Crippen LogP contribution is 2.29. The fourth-order valence-corrected chi connectivity index (χ4v) is 2.79. The first kappa shape index (κ1) is 13.8. The number of aliphatic hydroxyl groups excluding tert-OH is 1. The quantitative estimate of drug-likeness (QED) is 0.673. The summed E-state index contributed by atoms with van der Waals surface area (Å²) >= 11 is 0. The molecule has 0 aliphatic heterocycles. The first-order chi connectivity index (χ1) is 8.99. The van der Waals surface area contributed by atoms with Crippen LogP contribution < -0.4 is 4.90 Å². The highest BCUT2D eigenvalue weighted by atomic mass is 16.6. The van der Waals surface area contributed by atoms with Gasteiger partial charge in [0, 0.05) is 24.9 Å². The molecule has 1 aromatic carbocycles. The molecule has 1 N–H and O–H groups in total. The Labute approximate surface area is 113 Å². The second-order valence-corrected chi connectivity index (χ2v) is 5.31. The van der Waals surface area contributed by atoms with Gasteiger partial charge in [-0.05, 0) is 31.4 Å². The Balaban J connectivity index is 2.27. The molecule has 19 heavy (non-hydrogen) atoms. The van der Waals surface area contributed by atoms with Crippen LogP contribution >= 0.6 is 0 Å². The fraction of sp³-hybridized carbons (Fsp3) is 0.571.